The molecule has 0 aliphatic carbocycles. The topological polar surface area (TPSA) is 281 Å². The number of aromatic nitrogens is 6. The molecule has 19 nitrogen and oxygen atoms in total. The molecule has 0 saturated carbocycles. The number of nitrogens with one attached hydrogen (secondary N) is 3. The molecular weight excluding hydrogens is 730 g/mol. The Morgan fingerprint density at radius 1 is 0.804 bits per heavy atom. The average Bonchev–Trinajstić information content (AvgIpc) is 3.03. The van der Waals surface area contributed by atoms with Crippen molar-refractivity contribution in [2.75, 3.05) is 66.6 Å². The smallest absolute Gasteiger partial charge is 0.748 e. The van der Waals surface area contributed by atoms with E-state index in [1.807, 2.05) is 0 Å². The van der Waals surface area contributed by atoms with Gasteiger partial charge in [-0.05, 0) is 42.3 Å². The van der Waals surface area contributed by atoms with Crippen LogP contribution in [0.2, 0.25) is 0 Å². The number of nitrogens with zero attached hydrogens (tertiary/aromatic N) is 7. The van der Waals surface area contributed by atoms with Crippen LogP contribution in [0.4, 0.5) is 35.2 Å². The van der Waals surface area contributed by atoms with Crippen LogP contribution in [0, 0.1) is 6.92 Å². The first-order chi connectivity index (χ1) is 23.3. The molecule has 0 saturated heterocycles. The zero-order valence-electron chi connectivity index (χ0n) is 28.1. The fourth-order valence-corrected chi connectivity index (χ4v) is 5.23. The summed E-state index contributed by atoms with van der Waals surface area (Å²) < 4.78 is 74.3. The van der Waals surface area contributed by atoms with Crippen LogP contribution in [0.5, 0.6) is 6.01 Å². The number of rotatable bonds is 17. The van der Waals surface area contributed by atoms with Gasteiger partial charge in [-0.15, -0.1) is 0 Å². The molecule has 0 atom stereocenters. The van der Waals surface area contributed by atoms with Gasteiger partial charge in [0.15, 0.2) is 0 Å². The summed E-state index contributed by atoms with van der Waals surface area (Å²) in [4.78, 5) is 25.9. The molecule has 4 aromatic rings. The Kier molecular flexibility index (Phi) is 17.5. The van der Waals surface area contributed by atoms with Gasteiger partial charge in [0, 0.05) is 31.0 Å². The van der Waals surface area contributed by atoms with Crippen LogP contribution >= 0.6 is 0 Å². The Morgan fingerprint density at radius 3 is 2.02 bits per heavy atom. The third-order valence-corrected chi connectivity index (χ3v) is 7.95. The molecule has 4 rings (SSSR count). The van der Waals surface area contributed by atoms with Crippen molar-refractivity contribution < 1.29 is 100 Å². The molecule has 262 valence electrons. The quantitative estimate of drug-likeness (QED) is 0.0381. The molecule has 51 heavy (non-hydrogen) atoms. The summed E-state index contributed by atoms with van der Waals surface area (Å²) in [6, 6.07) is 10.9. The molecule has 0 bridgehead atoms. The van der Waals surface area contributed by atoms with E-state index in [0.29, 0.717) is 17.1 Å². The van der Waals surface area contributed by atoms with Gasteiger partial charge in [-0.2, -0.15) is 29.9 Å². The minimum Gasteiger partial charge on any atom is -0.748 e. The maximum absolute atomic E-state index is 12.2. The number of aryl methyl sites for hydroxylation is 1. The third-order valence-electron chi connectivity index (χ3n) is 6.35. The van der Waals surface area contributed by atoms with Gasteiger partial charge in [-0.1, -0.05) is 30.4 Å². The maximum Gasteiger partial charge on any atom is 1.00 e. The van der Waals surface area contributed by atoms with Crippen molar-refractivity contribution in [1.29, 1.82) is 0 Å². The van der Waals surface area contributed by atoms with Crippen molar-refractivity contribution in [3.05, 3.63) is 59.4 Å². The van der Waals surface area contributed by atoms with Gasteiger partial charge in [0.25, 0.3) is 0 Å². The first kappa shape index (κ1) is 44.1. The summed E-state index contributed by atoms with van der Waals surface area (Å²) in [5, 5.41) is 27.2. The van der Waals surface area contributed by atoms with Gasteiger partial charge in [-0.3, -0.25) is 0 Å². The van der Waals surface area contributed by atoms with Crippen molar-refractivity contribution >= 4 is 67.6 Å². The Balaban J connectivity index is 0.00000451. The molecule has 0 radical (unpaired) electrons. The SMILES string of the molecule is COc1nc(Nc2ccc(/C=C/c3ccc(Nc4nc(C)nc(NCCS(=O)(=O)[O-])n4)cc3)c(S(=O)(=O)[O-])c2)nc(N(CCO)CCO)n1.[Na+].[Na+]. The van der Waals surface area contributed by atoms with E-state index >= 15 is 0 Å². The Hall–Kier alpha value is -3.06. The summed E-state index contributed by atoms with van der Waals surface area (Å²) >= 11 is 0. The van der Waals surface area contributed by atoms with Crippen LogP contribution in [0.3, 0.4) is 0 Å². The van der Waals surface area contributed by atoms with Crippen molar-refractivity contribution in [2.24, 2.45) is 0 Å². The van der Waals surface area contributed by atoms with Crippen LogP contribution in [-0.4, -0.2) is 112 Å². The largest absolute Gasteiger partial charge is 1.00 e. The molecule has 0 unspecified atom stereocenters. The molecule has 0 amide bonds. The maximum atomic E-state index is 12.2. The first-order valence-electron chi connectivity index (χ1n) is 14.4. The van der Waals surface area contributed by atoms with E-state index in [2.05, 4.69) is 45.9 Å². The molecule has 23 heteroatoms. The summed E-state index contributed by atoms with van der Waals surface area (Å²) in [6.45, 7) is 1.21. The number of ether oxygens (including phenoxy) is 1. The fraction of sp³-hybridized carbons (Fsp3) is 0.286. The van der Waals surface area contributed by atoms with Gasteiger partial charge in [0.1, 0.15) is 15.9 Å². The van der Waals surface area contributed by atoms with Gasteiger partial charge >= 0.3 is 65.1 Å². The zero-order chi connectivity index (χ0) is 35.6. The molecule has 0 fully saturated rings. The Morgan fingerprint density at radius 2 is 1.41 bits per heavy atom. The van der Waals surface area contributed by atoms with E-state index in [0.717, 1.165) is 6.07 Å². The number of aliphatic hydroxyl groups is 2. The second-order valence-corrected chi connectivity index (χ2v) is 12.9. The van der Waals surface area contributed by atoms with Crippen LogP contribution < -0.4 is 84.7 Å². The second-order valence-electron chi connectivity index (χ2n) is 10.0. The number of hydrogen-bond acceptors (Lipinski definition) is 19. The van der Waals surface area contributed by atoms with Crippen LogP contribution in [0.25, 0.3) is 12.2 Å². The first-order valence-corrected chi connectivity index (χ1v) is 17.3. The fourth-order valence-electron chi connectivity index (χ4n) is 4.18. The number of aliphatic hydroxyl groups excluding tert-OH is 2. The van der Waals surface area contributed by atoms with Crippen molar-refractivity contribution in [2.45, 2.75) is 11.8 Å². The average molecular weight is 763 g/mol. The molecule has 0 spiro atoms. The van der Waals surface area contributed by atoms with Crippen LogP contribution in [0.1, 0.15) is 17.0 Å². The standard InChI is InChI=1S/C28H34N10O9S2.2Na/c1-18-30-24(29-11-16-48(41,42)43)34-25(31-18)32-21-8-4-19(5-9-21)3-6-20-7-10-22(17-23(20)49(44,45)46)33-26-35-27(37-28(36-26)47-2)38(12-14-39)13-15-40;;/h3-10,17,39-40H,11-16H2,1-2H3,(H,41,42,43)(H,44,45,46)(H,33,35,36,37)(H2,29,30,31,32,34);;/q;2*+1/p-2/b6-3+;;. The normalized spacial score (nSPS) is 11.3. The van der Waals surface area contributed by atoms with E-state index in [4.69, 9.17) is 4.74 Å². The van der Waals surface area contributed by atoms with Crippen molar-refractivity contribution in [3.63, 3.8) is 0 Å². The molecule has 0 aliphatic heterocycles. The molecule has 5 N–H and O–H groups in total. The predicted molar refractivity (Wildman–Crippen MR) is 177 cm³/mol. The summed E-state index contributed by atoms with van der Waals surface area (Å²) in [6.07, 6.45) is 3.08. The molecule has 2 aromatic heterocycles. The van der Waals surface area contributed by atoms with Gasteiger partial charge in [0.2, 0.25) is 23.8 Å². The molecule has 0 aliphatic rings. The van der Waals surface area contributed by atoms with Crippen molar-refractivity contribution in [1.82, 2.24) is 29.9 Å². The summed E-state index contributed by atoms with van der Waals surface area (Å²) in [5.74, 6) is 0.0187. The summed E-state index contributed by atoms with van der Waals surface area (Å²) in [7, 11) is -7.99. The van der Waals surface area contributed by atoms with Crippen LogP contribution in [0.15, 0.2) is 47.4 Å². The second kappa shape index (κ2) is 20.3. The van der Waals surface area contributed by atoms with Gasteiger partial charge < -0.3 is 44.9 Å². The van der Waals surface area contributed by atoms with E-state index in [1.54, 1.807) is 37.3 Å². The summed E-state index contributed by atoms with van der Waals surface area (Å²) in [5.41, 5.74) is 1.55. The number of hydrogen-bond donors (Lipinski definition) is 5. The van der Waals surface area contributed by atoms with Crippen LogP contribution in [-0.2, 0) is 20.2 Å². The van der Waals surface area contributed by atoms with E-state index < -0.39 is 30.9 Å². The molecular formula is C28H32N10Na2O9S2. The zero-order valence-corrected chi connectivity index (χ0v) is 33.8. The van der Waals surface area contributed by atoms with E-state index in [9.17, 15) is 36.2 Å². The number of methoxy groups -OCH3 is 1. The Labute approximate surface area is 338 Å². The van der Waals surface area contributed by atoms with E-state index in [-0.39, 0.29) is 133 Å². The number of benzene rings is 2. The molecule has 2 aromatic carbocycles. The predicted octanol–water partition coefficient (Wildman–Crippen LogP) is -5.31. The van der Waals surface area contributed by atoms with Gasteiger partial charge in [-0.25, -0.2) is 16.8 Å². The Bertz CT molecular complexity index is 2000. The van der Waals surface area contributed by atoms with Gasteiger partial charge in [0.05, 0.1) is 41.1 Å². The minimum atomic E-state index is -4.93. The minimum absolute atomic E-state index is 0. The third kappa shape index (κ3) is 14.1. The van der Waals surface area contributed by atoms with Crippen molar-refractivity contribution in [3.8, 4) is 6.01 Å². The molecule has 2 heterocycles. The number of anilines is 6. The van der Waals surface area contributed by atoms with E-state index in [1.165, 1.54) is 30.2 Å². The monoisotopic (exact) mass is 762 g/mol.